The maximum Gasteiger partial charge on any atom is 0.338 e. The molecule has 114 valence electrons. The quantitative estimate of drug-likeness (QED) is 0.814. The van der Waals surface area contributed by atoms with Crippen molar-refractivity contribution in [3.8, 4) is 0 Å². The van der Waals surface area contributed by atoms with E-state index in [-0.39, 0.29) is 23.8 Å². The third-order valence-electron chi connectivity index (χ3n) is 3.58. The summed E-state index contributed by atoms with van der Waals surface area (Å²) < 4.78 is 5.59. The van der Waals surface area contributed by atoms with Gasteiger partial charge in [0.1, 0.15) is 0 Å². The Balaban J connectivity index is 2.04. The Morgan fingerprint density at radius 2 is 2.19 bits per heavy atom. The zero-order valence-corrected chi connectivity index (χ0v) is 13.5. The maximum absolute atomic E-state index is 12.2. The second-order valence-electron chi connectivity index (χ2n) is 5.17. The van der Waals surface area contributed by atoms with Crippen LogP contribution < -0.4 is 11.1 Å². The monoisotopic (exact) mass is 354 g/mol. The number of amides is 1. The van der Waals surface area contributed by atoms with E-state index >= 15 is 0 Å². The minimum Gasteiger partial charge on any atom is -0.462 e. The van der Waals surface area contributed by atoms with E-state index in [9.17, 15) is 9.59 Å². The van der Waals surface area contributed by atoms with Crippen molar-refractivity contribution in [1.29, 1.82) is 0 Å². The lowest BCUT2D eigenvalue weighted by Gasteiger charge is -2.12. The SMILES string of the molecule is CCOC(=O)c1ccc(NC(=O)C2CCC(N)C2)c(Br)c1. The molecule has 2 unspecified atom stereocenters. The zero-order valence-electron chi connectivity index (χ0n) is 11.9. The van der Waals surface area contributed by atoms with Crippen molar-refractivity contribution < 1.29 is 14.3 Å². The van der Waals surface area contributed by atoms with Crippen LogP contribution >= 0.6 is 15.9 Å². The third kappa shape index (κ3) is 4.04. The van der Waals surface area contributed by atoms with Crippen molar-refractivity contribution in [2.45, 2.75) is 32.2 Å². The Morgan fingerprint density at radius 1 is 1.43 bits per heavy atom. The first kappa shape index (κ1) is 16.0. The summed E-state index contributed by atoms with van der Waals surface area (Å²) in [5, 5.41) is 2.88. The molecule has 21 heavy (non-hydrogen) atoms. The van der Waals surface area contributed by atoms with Crippen LogP contribution in [0.1, 0.15) is 36.5 Å². The molecule has 0 bridgehead atoms. The summed E-state index contributed by atoms with van der Waals surface area (Å²) in [7, 11) is 0. The van der Waals surface area contributed by atoms with Gasteiger partial charge in [0, 0.05) is 16.4 Å². The highest BCUT2D eigenvalue weighted by Gasteiger charge is 2.28. The summed E-state index contributed by atoms with van der Waals surface area (Å²) in [6.07, 6.45) is 2.44. The van der Waals surface area contributed by atoms with Crippen molar-refractivity contribution in [3.63, 3.8) is 0 Å². The molecule has 1 aliphatic rings. The molecular formula is C15H19BrN2O3. The lowest BCUT2D eigenvalue weighted by molar-refractivity contribution is -0.119. The molecule has 0 saturated heterocycles. The lowest BCUT2D eigenvalue weighted by atomic mass is 10.1. The minimum absolute atomic E-state index is 0.0208. The average molecular weight is 355 g/mol. The van der Waals surface area contributed by atoms with Crippen LogP contribution in [0.15, 0.2) is 22.7 Å². The van der Waals surface area contributed by atoms with E-state index in [0.29, 0.717) is 22.3 Å². The van der Waals surface area contributed by atoms with Crippen molar-refractivity contribution in [3.05, 3.63) is 28.2 Å². The Hall–Kier alpha value is -1.40. The number of anilines is 1. The topological polar surface area (TPSA) is 81.4 Å². The molecule has 2 rings (SSSR count). The van der Waals surface area contributed by atoms with Gasteiger partial charge in [0.2, 0.25) is 5.91 Å². The molecule has 6 heteroatoms. The smallest absolute Gasteiger partial charge is 0.338 e. The molecule has 0 heterocycles. The van der Waals surface area contributed by atoms with E-state index < -0.39 is 0 Å². The molecule has 1 aliphatic carbocycles. The first-order valence-electron chi connectivity index (χ1n) is 7.04. The number of nitrogens with two attached hydrogens (primary N) is 1. The Morgan fingerprint density at radius 3 is 2.76 bits per heavy atom. The Labute approximate surface area is 132 Å². The molecule has 1 amide bonds. The predicted octanol–water partition coefficient (Wildman–Crippen LogP) is 2.69. The summed E-state index contributed by atoms with van der Waals surface area (Å²) in [5.41, 5.74) is 6.92. The van der Waals surface area contributed by atoms with E-state index in [1.807, 2.05) is 0 Å². The van der Waals surface area contributed by atoms with Crippen LogP contribution in [-0.4, -0.2) is 24.5 Å². The summed E-state index contributed by atoms with van der Waals surface area (Å²) in [6.45, 7) is 2.09. The van der Waals surface area contributed by atoms with E-state index in [1.54, 1.807) is 25.1 Å². The molecule has 5 nitrogen and oxygen atoms in total. The van der Waals surface area contributed by atoms with E-state index in [1.165, 1.54) is 0 Å². The maximum atomic E-state index is 12.2. The van der Waals surface area contributed by atoms with Crippen LogP contribution in [0.25, 0.3) is 0 Å². The standard InChI is InChI=1S/C15H19BrN2O3/c1-2-21-15(20)10-4-6-13(12(16)8-10)18-14(19)9-3-5-11(17)7-9/h4,6,8-9,11H,2-3,5,7,17H2,1H3,(H,18,19). The van der Waals surface area contributed by atoms with Crippen LogP contribution in [0.3, 0.4) is 0 Å². The highest BCUT2D eigenvalue weighted by atomic mass is 79.9. The number of ether oxygens (including phenoxy) is 1. The van der Waals surface area contributed by atoms with Crippen molar-refractivity contribution in [2.24, 2.45) is 11.7 Å². The second kappa shape index (κ2) is 7.04. The fraction of sp³-hybridized carbons (Fsp3) is 0.467. The summed E-state index contributed by atoms with van der Waals surface area (Å²) >= 11 is 3.37. The number of esters is 1. The molecule has 1 aromatic carbocycles. The van der Waals surface area contributed by atoms with Crippen molar-refractivity contribution in [2.75, 3.05) is 11.9 Å². The number of carbonyl (C=O) groups is 2. The van der Waals surface area contributed by atoms with Crippen LogP contribution in [-0.2, 0) is 9.53 Å². The van der Waals surface area contributed by atoms with Crippen LogP contribution in [0, 0.1) is 5.92 Å². The van der Waals surface area contributed by atoms with Crippen LogP contribution in [0.5, 0.6) is 0 Å². The molecule has 1 fully saturated rings. The zero-order chi connectivity index (χ0) is 15.4. The summed E-state index contributed by atoms with van der Waals surface area (Å²) in [6, 6.07) is 5.10. The fourth-order valence-corrected chi connectivity index (χ4v) is 2.93. The van der Waals surface area contributed by atoms with Crippen molar-refractivity contribution in [1.82, 2.24) is 0 Å². The first-order chi connectivity index (χ1) is 10.0. The Kier molecular flexibility index (Phi) is 5.36. The predicted molar refractivity (Wildman–Crippen MR) is 84.0 cm³/mol. The van der Waals surface area contributed by atoms with Gasteiger partial charge in [0.25, 0.3) is 0 Å². The number of nitrogens with one attached hydrogen (secondary N) is 1. The van der Waals surface area contributed by atoms with Gasteiger partial charge in [0.05, 0.1) is 17.9 Å². The Bertz CT molecular complexity index is 548. The molecule has 0 spiro atoms. The number of benzene rings is 1. The third-order valence-corrected chi connectivity index (χ3v) is 4.24. The van der Waals surface area contributed by atoms with Gasteiger partial charge in [-0.3, -0.25) is 4.79 Å². The molecule has 3 N–H and O–H groups in total. The number of hydrogen-bond acceptors (Lipinski definition) is 4. The highest BCUT2D eigenvalue weighted by Crippen LogP contribution is 2.28. The molecule has 2 atom stereocenters. The average Bonchev–Trinajstić information content (AvgIpc) is 2.88. The number of rotatable bonds is 4. The lowest BCUT2D eigenvalue weighted by Crippen LogP contribution is -2.23. The molecule has 1 aromatic rings. The van der Waals surface area contributed by atoms with Gasteiger partial charge in [-0.1, -0.05) is 0 Å². The number of halogens is 1. The van der Waals surface area contributed by atoms with Crippen LogP contribution in [0.4, 0.5) is 5.69 Å². The molecular weight excluding hydrogens is 336 g/mol. The highest BCUT2D eigenvalue weighted by molar-refractivity contribution is 9.10. The van der Waals surface area contributed by atoms with Crippen LogP contribution in [0.2, 0.25) is 0 Å². The molecule has 1 saturated carbocycles. The van der Waals surface area contributed by atoms with Gasteiger partial charge in [-0.2, -0.15) is 0 Å². The van der Waals surface area contributed by atoms with E-state index in [0.717, 1.165) is 19.3 Å². The van der Waals surface area contributed by atoms with Gasteiger partial charge < -0.3 is 15.8 Å². The van der Waals surface area contributed by atoms with Gasteiger partial charge in [-0.15, -0.1) is 0 Å². The number of hydrogen-bond donors (Lipinski definition) is 2. The van der Waals surface area contributed by atoms with Gasteiger partial charge in [-0.25, -0.2) is 4.79 Å². The second-order valence-corrected chi connectivity index (χ2v) is 6.03. The largest absolute Gasteiger partial charge is 0.462 e. The first-order valence-corrected chi connectivity index (χ1v) is 7.83. The molecule has 0 aliphatic heterocycles. The summed E-state index contributed by atoms with van der Waals surface area (Å²) in [5.74, 6) is -0.429. The van der Waals surface area contributed by atoms with E-state index in [4.69, 9.17) is 10.5 Å². The fourth-order valence-electron chi connectivity index (χ4n) is 2.45. The van der Waals surface area contributed by atoms with Gasteiger partial charge in [-0.05, 0) is 60.3 Å². The van der Waals surface area contributed by atoms with Gasteiger partial charge in [0.15, 0.2) is 0 Å². The summed E-state index contributed by atoms with van der Waals surface area (Å²) in [4.78, 5) is 23.8. The van der Waals surface area contributed by atoms with E-state index in [2.05, 4.69) is 21.2 Å². The number of carbonyl (C=O) groups excluding carboxylic acids is 2. The molecule has 0 aromatic heterocycles. The normalized spacial score (nSPS) is 21.1. The minimum atomic E-state index is -0.377. The molecule has 0 radical (unpaired) electrons. The van der Waals surface area contributed by atoms with Crippen molar-refractivity contribution >= 4 is 33.5 Å². The van der Waals surface area contributed by atoms with Gasteiger partial charge >= 0.3 is 5.97 Å².